The Balaban J connectivity index is 2.30. The Labute approximate surface area is 105 Å². The van der Waals surface area contributed by atoms with E-state index < -0.39 is 29.6 Å². The Hall–Kier alpha value is -2.31. The van der Waals surface area contributed by atoms with Gasteiger partial charge in [0.2, 0.25) is 0 Å². The van der Waals surface area contributed by atoms with Crippen molar-refractivity contribution in [2.75, 3.05) is 0 Å². The van der Waals surface area contributed by atoms with Crippen LogP contribution in [0.2, 0.25) is 0 Å². The smallest absolute Gasteiger partial charge is 0.359 e. The molecule has 1 N–H and O–H groups in total. The highest BCUT2D eigenvalue weighted by Crippen LogP contribution is 2.27. The summed E-state index contributed by atoms with van der Waals surface area (Å²) in [6.45, 7) is -0.441. The fourth-order valence-electron chi connectivity index (χ4n) is 1.57. The monoisotopic (exact) mass is 270 g/mol. The number of H-pyrrole nitrogens is 1. The van der Waals surface area contributed by atoms with Crippen LogP contribution in [0.15, 0.2) is 41.5 Å². The van der Waals surface area contributed by atoms with Gasteiger partial charge in [-0.05, 0) is 18.2 Å². The third-order valence-corrected chi connectivity index (χ3v) is 2.52. The van der Waals surface area contributed by atoms with Gasteiger partial charge in [-0.1, -0.05) is 0 Å². The summed E-state index contributed by atoms with van der Waals surface area (Å²) in [4.78, 5) is 25.8. The fourth-order valence-corrected chi connectivity index (χ4v) is 1.57. The molecule has 19 heavy (non-hydrogen) atoms. The number of rotatable bonds is 3. The first kappa shape index (κ1) is 13.1. The van der Waals surface area contributed by atoms with Gasteiger partial charge in [0.1, 0.15) is 0 Å². The Morgan fingerprint density at radius 2 is 2.00 bits per heavy atom. The number of pyridine rings is 1. The number of carbonyl (C=O) groups is 1. The summed E-state index contributed by atoms with van der Waals surface area (Å²) in [5.74, 6) is -0.466. The Morgan fingerprint density at radius 1 is 1.26 bits per heavy atom. The number of carbonyl (C=O) groups excluding carboxylic acids is 1. The molecular formula is C12H9F3N2O2. The predicted octanol–water partition coefficient (Wildman–Crippen LogP) is 2.08. The molecule has 0 aliphatic carbocycles. The topological polar surface area (TPSA) is 54.9 Å². The molecule has 4 nitrogen and oxygen atoms in total. The number of aromatic amines is 1. The molecule has 2 heterocycles. The highest BCUT2D eigenvalue weighted by molar-refractivity contribution is 5.94. The van der Waals surface area contributed by atoms with E-state index in [2.05, 4.69) is 4.98 Å². The second-order valence-electron chi connectivity index (χ2n) is 3.89. The first-order valence-electron chi connectivity index (χ1n) is 5.32. The summed E-state index contributed by atoms with van der Waals surface area (Å²) in [6, 6.07) is 4.56. The van der Waals surface area contributed by atoms with E-state index in [1.165, 1.54) is 12.3 Å². The van der Waals surface area contributed by atoms with Gasteiger partial charge in [-0.2, -0.15) is 13.2 Å². The zero-order chi connectivity index (χ0) is 14.0. The first-order valence-corrected chi connectivity index (χ1v) is 5.32. The molecule has 7 heteroatoms. The zero-order valence-corrected chi connectivity index (χ0v) is 9.57. The van der Waals surface area contributed by atoms with Gasteiger partial charge in [0.15, 0.2) is 5.78 Å². The van der Waals surface area contributed by atoms with E-state index in [1.807, 2.05) is 0 Å². The van der Waals surface area contributed by atoms with Crippen LogP contribution in [0.1, 0.15) is 16.1 Å². The second kappa shape index (κ2) is 4.75. The molecule has 0 bridgehead atoms. The summed E-state index contributed by atoms with van der Waals surface area (Å²) in [7, 11) is 0. The van der Waals surface area contributed by atoms with E-state index in [0.29, 0.717) is 12.3 Å². The maximum Gasteiger partial charge on any atom is 0.417 e. The molecule has 0 atom stereocenters. The van der Waals surface area contributed by atoms with E-state index in [4.69, 9.17) is 0 Å². The molecule has 0 saturated heterocycles. The van der Waals surface area contributed by atoms with Crippen LogP contribution in [0, 0.1) is 0 Å². The Bertz CT molecular complexity index is 642. The van der Waals surface area contributed by atoms with Crippen molar-refractivity contribution in [2.24, 2.45) is 0 Å². The van der Waals surface area contributed by atoms with E-state index >= 15 is 0 Å². The molecule has 0 aliphatic rings. The van der Waals surface area contributed by atoms with Crippen molar-refractivity contribution < 1.29 is 18.0 Å². The van der Waals surface area contributed by atoms with Crippen molar-refractivity contribution in [1.82, 2.24) is 9.55 Å². The van der Waals surface area contributed by atoms with Crippen LogP contribution in [0.4, 0.5) is 13.2 Å². The van der Waals surface area contributed by atoms with Crippen LogP contribution in [0.25, 0.3) is 0 Å². The Kier molecular flexibility index (Phi) is 3.28. The van der Waals surface area contributed by atoms with E-state index in [9.17, 15) is 22.8 Å². The SMILES string of the molecule is O=C(Cn1cc(C(F)(F)F)ccc1=O)c1ccc[nH]1. The molecule has 2 rings (SSSR count). The van der Waals surface area contributed by atoms with Gasteiger partial charge in [0.05, 0.1) is 17.8 Å². The lowest BCUT2D eigenvalue weighted by Gasteiger charge is -2.09. The van der Waals surface area contributed by atoms with Crippen LogP contribution in [0.3, 0.4) is 0 Å². The maximum absolute atomic E-state index is 12.5. The van der Waals surface area contributed by atoms with Gasteiger partial charge in [0, 0.05) is 18.5 Å². The van der Waals surface area contributed by atoms with Crippen molar-refractivity contribution in [3.8, 4) is 0 Å². The van der Waals surface area contributed by atoms with Crippen molar-refractivity contribution >= 4 is 5.78 Å². The van der Waals surface area contributed by atoms with Gasteiger partial charge < -0.3 is 9.55 Å². The third-order valence-electron chi connectivity index (χ3n) is 2.52. The van der Waals surface area contributed by atoms with Crippen LogP contribution in [-0.2, 0) is 12.7 Å². The molecule has 0 unspecified atom stereocenters. The van der Waals surface area contributed by atoms with Crippen LogP contribution < -0.4 is 5.56 Å². The predicted molar refractivity (Wildman–Crippen MR) is 60.8 cm³/mol. The van der Waals surface area contributed by atoms with E-state index in [1.54, 1.807) is 6.07 Å². The lowest BCUT2D eigenvalue weighted by molar-refractivity contribution is -0.138. The number of halogens is 3. The number of aromatic nitrogens is 2. The molecule has 0 aromatic carbocycles. The molecule has 0 saturated carbocycles. The van der Waals surface area contributed by atoms with Crippen LogP contribution in [0.5, 0.6) is 0 Å². The minimum Gasteiger partial charge on any atom is -0.359 e. The van der Waals surface area contributed by atoms with Crippen molar-refractivity contribution in [1.29, 1.82) is 0 Å². The summed E-state index contributed by atoms with van der Waals surface area (Å²) >= 11 is 0. The van der Waals surface area contributed by atoms with Gasteiger partial charge in [0.25, 0.3) is 5.56 Å². The highest BCUT2D eigenvalue weighted by Gasteiger charge is 2.31. The van der Waals surface area contributed by atoms with Gasteiger partial charge in [-0.15, -0.1) is 0 Å². The molecule has 0 spiro atoms. The fraction of sp³-hybridized carbons (Fsp3) is 0.167. The van der Waals surface area contributed by atoms with Gasteiger partial charge in [-0.3, -0.25) is 9.59 Å². The maximum atomic E-state index is 12.5. The van der Waals surface area contributed by atoms with Crippen molar-refractivity contribution in [3.05, 3.63) is 58.3 Å². The highest BCUT2D eigenvalue weighted by atomic mass is 19.4. The number of ketones is 1. The minimum absolute atomic E-state index is 0.240. The largest absolute Gasteiger partial charge is 0.417 e. The number of hydrogen-bond acceptors (Lipinski definition) is 2. The van der Waals surface area contributed by atoms with Gasteiger partial charge in [-0.25, -0.2) is 0 Å². The quantitative estimate of drug-likeness (QED) is 0.868. The lowest BCUT2D eigenvalue weighted by Crippen LogP contribution is -2.25. The van der Waals surface area contributed by atoms with E-state index in [-0.39, 0.29) is 5.69 Å². The number of nitrogens with zero attached hydrogens (tertiary/aromatic N) is 1. The van der Waals surface area contributed by atoms with Crippen LogP contribution >= 0.6 is 0 Å². The average molecular weight is 270 g/mol. The first-order chi connectivity index (χ1) is 8.88. The summed E-state index contributed by atoms with van der Waals surface area (Å²) in [5.41, 5.74) is -1.39. The molecular weight excluding hydrogens is 261 g/mol. The summed E-state index contributed by atoms with van der Waals surface area (Å²) in [5, 5.41) is 0. The number of hydrogen-bond donors (Lipinski definition) is 1. The van der Waals surface area contributed by atoms with Crippen molar-refractivity contribution in [2.45, 2.75) is 12.7 Å². The molecule has 0 aliphatic heterocycles. The third kappa shape index (κ3) is 2.93. The molecule has 2 aromatic rings. The van der Waals surface area contributed by atoms with Gasteiger partial charge >= 0.3 is 6.18 Å². The molecule has 0 amide bonds. The standard InChI is InChI=1S/C12H9F3N2O2/c13-12(14,15)8-3-4-11(19)17(6-8)7-10(18)9-2-1-5-16-9/h1-6,16H,7H2. The Morgan fingerprint density at radius 3 is 2.58 bits per heavy atom. The summed E-state index contributed by atoms with van der Waals surface area (Å²) in [6.07, 6.45) is -2.39. The molecule has 0 radical (unpaired) electrons. The molecule has 0 fully saturated rings. The summed E-state index contributed by atoms with van der Waals surface area (Å²) < 4.78 is 38.3. The number of nitrogens with one attached hydrogen (secondary N) is 1. The van der Waals surface area contributed by atoms with E-state index in [0.717, 1.165) is 10.6 Å². The zero-order valence-electron chi connectivity index (χ0n) is 9.57. The second-order valence-corrected chi connectivity index (χ2v) is 3.89. The van der Waals surface area contributed by atoms with Crippen LogP contribution in [-0.4, -0.2) is 15.3 Å². The normalized spacial score (nSPS) is 11.5. The molecule has 100 valence electrons. The average Bonchev–Trinajstić information content (AvgIpc) is 2.84. The molecule has 2 aromatic heterocycles. The van der Waals surface area contributed by atoms with Crippen molar-refractivity contribution in [3.63, 3.8) is 0 Å². The lowest BCUT2D eigenvalue weighted by atomic mass is 10.2. The number of alkyl halides is 3. The number of Topliss-reactive ketones (excluding diaryl/α,β-unsaturated/α-hetero) is 1. The minimum atomic E-state index is -4.55.